The van der Waals surface area contributed by atoms with Crippen molar-refractivity contribution in [3.05, 3.63) is 27.9 Å². The minimum absolute atomic E-state index is 0.0375. The summed E-state index contributed by atoms with van der Waals surface area (Å²) in [5.74, 6) is 4.22. The summed E-state index contributed by atoms with van der Waals surface area (Å²) in [4.78, 5) is 19.1. The van der Waals surface area contributed by atoms with Crippen LogP contribution in [0.5, 0.6) is 0 Å². The number of nitrogens with zero attached hydrogens (tertiary/aromatic N) is 1. The largest absolute Gasteiger partial charge is 0.311 e. The standard InChI is InChI=1S/C12H19N3OS2/c1-2-3-13-7-9-6-11(16)15-12(14-9)10-8-17-4-5-18-10/h6,10,13H,2-5,7-8H2,1H3,(H,14,15,16). The van der Waals surface area contributed by atoms with Crippen molar-refractivity contribution in [3.8, 4) is 0 Å². The van der Waals surface area contributed by atoms with Gasteiger partial charge in [0.1, 0.15) is 5.82 Å². The predicted octanol–water partition coefficient (Wildman–Crippen LogP) is 1.79. The van der Waals surface area contributed by atoms with E-state index in [4.69, 9.17) is 0 Å². The van der Waals surface area contributed by atoms with Crippen molar-refractivity contribution in [1.82, 2.24) is 15.3 Å². The first kappa shape index (κ1) is 14.0. The molecule has 0 amide bonds. The van der Waals surface area contributed by atoms with Crippen LogP contribution < -0.4 is 10.9 Å². The molecule has 0 bridgehead atoms. The summed E-state index contributed by atoms with van der Waals surface area (Å²) in [7, 11) is 0. The zero-order chi connectivity index (χ0) is 12.8. The maximum atomic E-state index is 11.6. The second kappa shape index (κ2) is 7.21. The minimum atomic E-state index is -0.0375. The third-order valence-corrected chi connectivity index (χ3v) is 5.43. The molecule has 2 rings (SSSR count). The third-order valence-electron chi connectivity index (χ3n) is 2.67. The number of hydrogen-bond donors (Lipinski definition) is 2. The highest BCUT2D eigenvalue weighted by Crippen LogP contribution is 2.34. The molecule has 100 valence electrons. The maximum absolute atomic E-state index is 11.6. The van der Waals surface area contributed by atoms with E-state index in [1.54, 1.807) is 6.07 Å². The normalized spacial score (nSPS) is 19.9. The van der Waals surface area contributed by atoms with E-state index in [2.05, 4.69) is 22.2 Å². The van der Waals surface area contributed by atoms with Crippen molar-refractivity contribution < 1.29 is 0 Å². The van der Waals surface area contributed by atoms with Crippen LogP contribution in [0.3, 0.4) is 0 Å². The van der Waals surface area contributed by atoms with E-state index in [1.165, 1.54) is 5.75 Å². The molecular weight excluding hydrogens is 266 g/mol. The van der Waals surface area contributed by atoms with Crippen LogP contribution in [0.1, 0.15) is 30.1 Å². The Morgan fingerprint density at radius 1 is 1.56 bits per heavy atom. The van der Waals surface area contributed by atoms with Gasteiger partial charge in [-0.1, -0.05) is 6.92 Å². The average molecular weight is 285 g/mol. The van der Waals surface area contributed by atoms with Gasteiger partial charge in [0.05, 0.1) is 10.9 Å². The number of aromatic amines is 1. The van der Waals surface area contributed by atoms with Crippen molar-refractivity contribution in [3.63, 3.8) is 0 Å². The van der Waals surface area contributed by atoms with Gasteiger partial charge in [0.25, 0.3) is 5.56 Å². The number of aromatic nitrogens is 2. The number of H-pyrrole nitrogens is 1. The van der Waals surface area contributed by atoms with Crippen LogP contribution in [0.15, 0.2) is 10.9 Å². The monoisotopic (exact) mass is 285 g/mol. The van der Waals surface area contributed by atoms with Gasteiger partial charge in [-0.05, 0) is 13.0 Å². The molecule has 1 saturated heterocycles. The lowest BCUT2D eigenvalue weighted by Crippen LogP contribution is -2.21. The molecule has 1 aromatic rings. The lowest BCUT2D eigenvalue weighted by atomic mass is 10.3. The van der Waals surface area contributed by atoms with E-state index in [1.807, 2.05) is 23.5 Å². The Labute approximate surface area is 116 Å². The van der Waals surface area contributed by atoms with Crippen LogP contribution >= 0.6 is 23.5 Å². The fraction of sp³-hybridized carbons (Fsp3) is 0.667. The van der Waals surface area contributed by atoms with Crippen LogP contribution in [0.4, 0.5) is 0 Å². The maximum Gasteiger partial charge on any atom is 0.251 e. The summed E-state index contributed by atoms with van der Waals surface area (Å²) >= 11 is 3.82. The van der Waals surface area contributed by atoms with Crippen molar-refractivity contribution in [2.24, 2.45) is 0 Å². The van der Waals surface area contributed by atoms with E-state index in [0.29, 0.717) is 11.8 Å². The van der Waals surface area contributed by atoms with Crippen LogP contribution in [0.2, 0.25) is 0 Å². The highest BCUT2D eigenvalue weighted by molar-refractivity contribution is 8.06. The van der Waals surface area contributed by atoms with Crippen LogP contribution in [0.25, 0.3) is 0 Å². The highest BCUT2D eigenvalue weighted by Gasteiger charge is 2.19. The Kier molecular flexibility index (Phi) is 5.59. The Morgan fingerprint density at radius 2 is 2.44 bits per heavy atom. The molecule has 0 saturated carbocycles. The van der Waals surface area contributed by atoms with E-state index in [9.17, 15) is 4.79 Å². The first-order valence-electron chi connectivity index (χ1n) is 6.30. The molecule has 1 aromatic heterocycles. The molecule has 1 unspecified atom stereocenters. The Bertz CT molecular complexity index is 430. The van der Waals surface area contributed by atoms with Gasteiger partial charge in [-0.15, -0.1) is 11.8 Å². The fourth-order valence-electron chi connectivity index (χ4n) is 1.81. The van der Waals surface area contributed by atoms with Crippen LogP contribution in [0, 0.1) is 0 Å². The van der Waals surface area contributed by atoms with Crippen molar-refractivity contribution in [2.75, 3.05) is 23.8 Å². The lowest BCUT2D eigenvalue weighted by molar-refractivity contribution is 0.657. The summed E-state index contributed by atoms with van der Waals surface area (Å²) in [6.45, 7) is 3.76. The molecular formula is C12H19N3OS2. The van der Waals surface area contributed by atoms with Crippen molar-refractivity contribution in [1.29, 1.82) is 0 Å². The van der Waals surface area contributed by atoms with E-state index in [-0.39, 0.29) is 5.56 Å². The summed E-state index contributed by atoms with van der Waals surface area (Å²) < 4.78 is 0. The number of thioether (sulfide) groups is 2. The molecule has 1 fully saturated rings. The molecule has 1 aliphatic heterocycles. The fourth-order valence-corrected chi connectivity index (χ4v) is 4.43. The van der Waals surface area contributed by atoms with Crippen LogP contribution in [-0.2, 0) is 6.54 Å². The summed E-state index contributed by atoms with van der Waals surface area (Å²) in [5, 5.41) is 3.62. The van der Waals surface area contributed by atoms with Gasteiger partial charge in [-0.25, -0.2) is 4.98 Å². The van der Waals surface area contributed by atoms with Gasteiger partial charge >= 0.3 is 0 Å². The van der Waals surface area contributed by atoms with Gasteiger partial charge < -0.3 is 10.3 Å². The van der Waals surface area contributed by atoms with E-state index >= 15 is 0 Å². The number of hydrogen-bond acceptors (Lipinski definition) is 5. The quantitative estimate of drug-likeness (QED) is 0.808. The first-order chi connectivity index (χ1) is 8.79. The number of nitrogens with one attached hydrogen (secondary N) is 2. The molecule has 0 aromatic carbocycles. The third kappa shape index (κ3) is 4.03. The number of rotatable bonds is 5. The second-order valence-electron chi connectivity index (χ2n) is 4.23. The van der Waals surface area contributed by atoms with Crippen molar-refractivity contribution in [2.45, 2.75) is 25.1 Å². The first-order valence-corrected chi connectivity index (χ1v) is 8.50. The van der Waals surface area contributed by atoms with E-state index in [0.717, 1.165) is 36.0 Å². The molecule has 1 aliphatic rings. The zero-order valence-electron chi connectivity index (χ0n) is 10.6. The molecule has 4 nitrogen and oxygen atoms in total. The van der Waals surface area contributed by atoms with Gasteiger partial charge in [0.15, 0.2) is 0 Å². The molecule has 2 N–H and O–H groups in total. The lowest BCUT2D eigenvalue weighted by Gasteiger charge is -2.20. The zero-order valence-corrected chi connectivity index (χ0v) is 12.2. The molecule has 0 aliphatic carbocycles. The van der Waals surface area contributed by atoms with Gasteiger partial charge in [0, 0.05) is 29.9 Å². The van der Waals surface area contributed by atoms with Gasteiger partial charge in [-0.3, -0.25) is 4.79 Å². The predicted molar refractivity (Wildman–Crippen MR) is 79.4 cm³/mol. The molecule has 0 radical (unpaired) electrons. The SMILES string of the molecule is CCCNCc1cc(=O)[nH]c(C2CSCCS2)n1. The molecule has 18 heavy (non-hydrogen) atoms. The minimum Gasteiger partial charge on any atom is -0.311 e. The Hall–Kier alpha value is -0.460. The van der Waals surface area contributed by atoms with Crippen LogP contribution in [-0.4, -0.2) is 33.8 Å². The smallest absolute Gasteiger partial charge is 0.251 e. The van der Waals surface area contributed by atoms with Gasteiger partial charge in [0.2, 0.25) is 0 Å². The summed E-state index contributed by atoms with van der Waals surface area (Å²) in [5.41, 5.74) is 0.808. The second-order valence-corrected chi connectivity index (χ2v) is 6.69. The average Bonchev–Trinajstić information content (AvgIpc) is 2.39. The Morgan fingerprint density at radius 3 is 3.17 bits per heavy atom. The molecule has 6 heteroatoms. The van der Waals surface area contributed by atoms with Gasteiger partial charge in [-0.2, -0.15) is 11.8 Å². The summed E-state index contributed by atoms with van der Waals surface area (Å²) in [6.07, 6.45) is 1.09. The van der Waals surface area contributed by atoms with Crippen molar-refractivity contribution >= 4 is 23.5 Å². The molecule has 1 atom stereocenters. The summed E-state index contributed by atoms with van der Waals surface area (Å²) in [6, 6.07) is 1.59. The molecule has 0 spiro atoms. The highest BCUT2D eigenvalue weighted by atomic mass is 32.2. The Balaban J connectivity index is 2.07. The van der Waals surface area contributed by atoms with E-state index < -0.39 is 0 Å². The topological polar surface area (TPSA) is 57.8 Å². The molecule has 2 heterocycles.